The first-order valence-corrected chi connectivity index (χ1v) is 7.38. The molecule has 0 spiro atoms. The Morgan fingerprint density at radius 3 is 2.75 bits per heavy atom. The Balaban J connectivity index is 2.30. The number of nitrogens with two attached hydrogens (primary N) is 1. The van der Waals surface area contributed by atoms with Crippen molar-refractivity contribution < 1.29 is 4.74 Å². The highest BCUT2D eigenvalue weighted by atomic mass is 79.9. The van der Waals surface area contributed by atoms with E-state index in [1.54, 1.807) is 13.2 Å². The molecule has 1 unspecified atom stereocenters. The first-order chi connectivity index (χ1) is 9.43. The van der Waals surface area contributed by atoms with Gasteiger partial charge in [-0.05, 0) is 35.0 Å². The van der Waals surface area contributed by atoms with Crippen LogP contribution in [0.5, 0.6) is 5.75 Å². The Morgan fingerprint density at radius 2 is 2.20 bits per heavy atom. The van der Waals surface area contributed by atoms with Crippen molar-refractivity contribution in [1.82, 2.24) is 9.78 Å². The lowest BCUT2D eigenvalue weighted by molar-refractivity contribution is 0.405. The number of aryl methyl sites for hydroxylation is 2. The molecule has 0 amide bonds. The molecule has 0 saturated heterocycles. The molecule has 0 aliphatic rings. The van der Waals surface area contributed by atoms with Crippen LogP contribution in [0, 0.1) is 6.92 Å². The summed E-state index contributed by atoms with van der Waals surface area (Å²) in [6.07, 6.45) is 0.663. The quantitative estimate of drug-likeness (QED) is 0.911. The van der Waals surface area contributed by atoms with E-state index in [1.165, 1.54) is 0 Å². The number of nitrogens with zero attached hydrogens (tertiary/aromatic N) is 2. The fraction of sp³-hybridized carbons (Fsp3) is 0.357. The van der Waals surface area contributed by atoms with Crippen molar-refractivity contribution in [2.75, 3.05) is 7.11 Å². The molecule has 6 heteroatoms. The highest BCUT2D eigenvalue weighted by molar-refractivity contribution is 9.10. The van der Waals surface area contributed by atoms with Gasteiger partial charge in [-0.1, -0.05) is 17.7 Å². The minimum absolute atomic E-state index is 0.187. The van der Waals surface area contributed by atoms with E-state index in [4.69, 9.17) is 22.1 Å². The number of methoxy groups -OCH3 is 1. The number of benzene rings is 1. The van der Waals surface area contributed by atoms with Gasteiger partial charge in [0.05, 0.1) is 23.0 Å². The Bertz CT molecular complexity index is 627. The number of halogens is 2. The molecule has 2 N–H and O–H groups in total. The summed E-state index contributed by atoms with van der Waals surface area (Å²) in [5, 5.41) is 5.01. The van der Waals surface area contributed by atoms with Crippen molar-refractivity contribution >= 4 is 27.5 Å². The van der Waals surface area contributed by atoms with Gasteiger partial charge in [-0.15, -0.1) is 0 Å². The van der Waals surface area contributed by atoms with E-state index in [9.17, 15) is 0 Å². The average Bonchev–Trinajstić information content (AvgIpc) is 2.65. The first-order valence-electron chi connectivity index (χ1n) is 6.21. The highest BCUT2D eigenvalue weighted by Gasteiger charge is 2.18. The third kappa shape index (κ3) is 3.00. The second-order valence-corrected chi connectivity index (χ2v) is 5.90. The summed E-state index contributed by atoms with van der Waals surface area (Å²) in [6, 6.07) is 5.32. The summed E-state index contributed by atoms with van der Waals surface area (Å²) < 4.78 is 8.20. The zero-order chi connectivity index (χ0) is 14.9. The van der Waals surface area contributed by atoms with E-state index < -0.39 is 0 Å². The molecule has 0 radical (unpaired) electrons. The molecule has 2 rings (SSSR count). The van der Waals surface area contributed by atoms with Crippen LogP contribution in [0.25, 0.3) is 0 Å². The van der Waals surface area contributed by atoms with Crippen LogP contribution in [0.4, 0.5) is 0 Å². The van der Waals surface area contributed by atoms with Gasteiger partial charge < -0.3 is 10.5 Å². The zero-order valence-corrected chi connectivity index (χ0v) is 14.0. The molecule has 1 aromatic heterocycles. The van der Waals surface area contributed by atoms with Crippen molar-refractivity contribution in [2.45, 2.75) is 19.4 Å². The van der Waals surface area contributed by atoms with Crippen LogP contribution < -0.4 is 10.5 Å². The van der Waals surface area contributed by atoms with Gasteiger partial charge in [-0.25, -0.2) is 0 Å². The summed E-state index contributed by atoms with van der Waals surface area (Å²) in [5.41, 5.74) is 9.27. The summed E-state index contributed by atoms with van der Waals surface area (Å²) in [7, 11) is 3.53. The SMILES string of the molecule is COc1cc(Cl)ccc1C(N)Cc1c(Br)c(C)nn1C. The van der Waals surface area contributed by atoms with Crippen molar-refractivity contribution in [2.24, 2.45) is 12.8 Å². The Hall–Kier alpha value is -1.04. The first kappa shape index (κ1) is 15.4. The third-order valence-corrected chi connectivity index (χ3v) is 4.54. The summed E-state index contributed by atoms with van der Waals surface area (Å²) >= 11 is 9.53. The lowest BCUT2D eigenvalue weighted by Gasteiger charge is -2.16. The number of hydrogen-bond donors (Lipinski definition) is 1. The van der Waals surface area contributed by atoms with E-state index in [1.807, 2.05) is 30.8 Å². The molecule has 1 aromatic carbocycles. The standard InChI is InChI=1S/C14H17BrClN3O/c1-8-14(15)12(19(2)18-8)7-11(17)10-5-4-9(16)6-13(10)20-3/h4-6,11H,7,17H2,1-3H3. The molecule has 0 bridgehead atoms. The lowest BCUT2D eigenvalue weighted by atomic mass is 10.0. The molecule has 0 fully saturated rings. The van der Waals surface area contributed by atoms with Crippen molar-refractivity contribution in [3.63, 3.8) is 0 Å². The topological polar surface area (TPSA) is 53.1 Å². The van der Waals surface area contributed by atoms with Gasteiger partial charge in [0.1, 0.15) is 5.75 Å². The van der Waals surface area contributed by atoms with Gasteiger partial charge in [-0.3, -0.25) is 4.68 Å². The second kappa shape index (κ2) is 6.16. The van der Waals surface area contributed by atoms with E-state index in [0.717, 1.165) is 21.4 Å². The van der Waals surface area contributed by atoms with Crippen LogP contribution in [0.3, 0.4) is 0 Å². The van der Waals surface area contributed by atoms with Gasteiger partial charge in [0.25, 0.3) is 0 Å². The molecule has 0 saturated carbocycles. The monoisotopic (exact) mass is 357 g/mol. The normalized spacial score (nSPS) is 12.5. The maximum atomic E-state index is 6.32. The predicted molar refractivity (Wildman–Crippen MR) is 84.3 cm³/mol. The van der Waals surface area contributed by atoms with Gasteiger partial charge in [0.2, 0.25) is 0 Å². The molecular formula is C14H17BrClN3O. The van der Waals surface area contributed by atoms with Gasteiger partial charge in [-0.2, -0.15) is 5.10 Å². The van der Waals surface area contributed by atoms with E-state index >= 15 is 0 Å². The summed E-state index contributed by atoms with van der Waals surface area (Å²) in [5.74, 6) is 0.708. The number of ether oxygens (including phenoxy) is 1. The lowest BCUT2D eigenvalue weighted by Crippen LogP contribution is -2.16. The van der Waals surface area contributed by atoms with Crippen LogP contribution in [-0.2, 0) is 13.5 Å². The molecule has 1 heterocycles. The number of rotatable bonds is 4. The Labute approximate surface area is 132 Å². The van der Waals surface area contributed by atoms with Gasteiger partial charge >= 0.3 is 0 Å². The van der Waals surface area contributed by atoms with Crippen LogP contribution in [0.15, 0.2) is 22.7 Å². The number of aromatic nitrogens is 2. The fourth-order valence-electron chi connectivity index (χ4n) is 2.21. The van der Waals surface area contributed by atoms with E-state index in [-0.39, 0.29) is 6.04 Å². The molecule has 108 valence electrons. The largest absolute Gasteiger partial charge is 0.496 e. The molecule has 0 aliphatic carbocycles. The molecule has 1 atom stereocenters. The maximum absolute atomic E-state index is 6.32. The van der Waals surface area contributed by atoms with Crippen molar-refractivity contribution in [3.05, 3.63) is 44.6 Å². The molecular weight excluding hydrogens is 342 g/mol. The molecule has 20 heavy (non-hydrogen) atoms. The summed E-state index contributed by atoms with van der Waals surface area (Å²) in [4.78, 5) is 0. The minimum Gasteiger partial charge on any atom is -0.496 e. The minimum atomic E-state index is -0.187. The Kier molecular flexibility index (Phi) is 4.73. The smallest absolute Gasteiger partial charge is 0.125 e. The maximum Gasteiger partial charge on any atom is 0.125 e. The van der Waals surface area contributed by atoms with E-state index in [0.29, 0.717) is 17.2 Å². The van der Waals surface area contributed by atoms with Crippen LogP contribution >= 0.6 is 27.5 Å². The predicted octanol–water partition coefficient (Wildman–Crippen LogP) is 3.40. The van der Waals surface area contributed by atoms with Gasteiger partial charge in [0, 0.05) is 30.1 Å². The van der Waals surface area contributed by atoms with Gasteiger partial charge in [0.15, 0.2) is 0 Å². The molecule has 0 aliphatic heterocycles. The number of hydrogen-bond acceptors (Lipinski definition) is 3. The fourth-order valence-corrected chi connectivity index (χ4v) is 2.87. The van der Waals surface area contributed by atoms with E-state index in [2.05, 4.69) is 21.0 Å². The second-order valence-electron chi connectivity index (χ2n) is 4.67. The molecule has 2 aromatic rings. The highest BCUT2D eigenvalue weighted by Crippen LogP contribution is 2.31. The average molecular weight is 359 g/mol. The Morgan fingerprint density at radius 1 is 1.50 bits per heavy atom. The van der Waals surface area contributed by atoms with Crippen LogP contribution in [0.1, 0.15) is 23.0 Å². The van der Waals surface area contributed by atoms with Crippen LogP contribution in [-0.4, -0.2) is 16.9 Å². The van der Waals surface area contributed by atoms with Crippen molar-refractivity contribution in [1.29, 1.82) is 0 Å². The molecule has 4 nitrogen and oxygen atoms in total. The van der Waals surface area contributed by atoms with Crippen molar-refractivity contribution in [3.8, 4) is 5.75 Å². The van der Waals surface area contributed by atoms with Crippen LogP contribution in [0.2, 0.25) is 5.02 Å². The summed E-state index contributed by atoms with van der Waals surface area (Å²) in [6.45, 7) is 1.96. The zero-order valence-electron chi connectivity index (χ0n) is 11.7. The third-order valence-electron chi connectivity index (χ3n) is 3.27.